The van der Waals surface area contributed by atoms with Crippen LogP contribution in [0, 0.1) is 0 Å². The average Bonchev–Trinajstić information content (AvgIpc) is 2.81. The molecule has 0 unspecified atom stereocenters. The van der Waals surface area contributed by atoms with E-state index < -0.39 is 10.0 Å². The predicted molar refractivity (Wildman–Crippen MR) is 73.0 cm³/mol. The number of ether oxygens (including phenoxy) is 1. The maximum absolute atomic E-state index is 12.4. The summed E-state index contributed by atoms with van der Waals surface area (Å²) in [7, 11) is -0.542. The molecule has 20 heavy (non-hydrogen) atoms. The number of carbonyl (C=O) groups excluding carboxylic acids is 1. The first-order valence-corrected chi connectivity index (χ1v) is 7.84. The summed E-state index contributed by atoms with van der Waals surface area (Å²) in [5.74, 6) is -0.180. The smallest absolute Gasteiger partial charge is 0.270 e. The number of nitrogens with one attached hydrogen (secondary N) is 1. The summed E-state index contributed by atoms with van der Waals surface area (Å²) in [6.07, 6.45) is 1.43. The zero-order valence-electron chi connectivity index (χ0n) is 11.8. The molecule has 1 atom stereocenters. The summed E-state index contributed by atoms with van der Waals surface area (Å²) in [6.45, 7) is 3.43. The normalized spacial score (nSPS) is 20.1. The minimum atomic E-state index is -3.54. The zero-order chi connectivity index (χ0) is 14.9. The van der Waals surface area contributed by atoms with Crippen molar-refractivity contribution in [2.75, 3.05) is 26.7 Å². The molecule has 1 amide bonds. The molecule has 0 radical (unpaired) electrons. The van der Waals surface area contributed by atoms with E-state index in [0.29, 0.717) is 25.4 Å². The topological polar surface area (TPSA) is 80.6 Å². The van der Waals surface area contributed by atoms with Gasteiger partial charge in [-0.25, -0.2) is 13.1 Å². The van der Waals surface area contributed by atoms with Crippen LogP contribution in [0.15, 0.2) is 17.2 Å². The molecule has 1 aliphatic rings. The van der Waals surface area contributed by atoms with Crippen molar-refractivity contribution in [1.82, 2.24) is 14.2 Å². The molecule has 1 N–H and O–H groups in total. The Kier molecular flexibility index (Phi) is 4.17. The lowest BCUT2D eigenvalue weighted by Crippen LogP contribution is -2.45. The molecule has 112 valence electrons. The minimum absolute atomic E-state index is 0.00604. The minimum Gasteiger partial charge on any atom is -0.375 e. The fraction of sp³-hybridized carbons (Fsp3) is 0.583. The van der Waals surface area contributed by atoms with Crippen LogP contribution in [0.25, 0.3) is 0 Å². The van der Waals surface area contributed by atoms with Crippen molar-refractivity contribution in [3.05, 3.63) is 18.0 Å². The number of rotatable bonds is 3. The highest BCUT2D eigenvalue weighted by Crippen LogP contribution is 2.16. The van der Waals surface area contributed by atoms with Crippen molar-refractivity contribution in [2.45, 2.75) is 17.9 Å². The Bertz CT molecular complexity index is 608. The van der Waals surface area contributed by atoms with Crippen molar-refractivity contribution < 1.29 is 17.9 Å². The molecule has 2 rings (SSSR count). The third-order valence-corrected chi connectivity index (χ3v) is 4.69. The van der Waals surface area contributed by atoms with Crippen LogP contribution in [-0.2, 0) is 21.8 Å². The standard InChI is InChI=1S/C12H19N3O4S/c1-9-7-15(4-5-19-9)12(16)11-6-10(8-14(11)3)20(17,18)13-2/h6,8-9,13H,4-5,7H2,1-3H3/t9-/m1/s1. The highest BCUT2D eigenvalue weighted by Gasteiger charge is 2.26. The van der Waals surface area contributed by atoms with Gasteiger partial charge in [0.25, 0.3) is 5.91 Å². The van der Waals surface area contributed by atoms with E-state index in [2.05, 4.69) is 4.72 Å². The van der Waals surface area contributed by atoms with Gasteiger partial charge in [-0.2, -0.15) is 0 Å². The lowest BCUT2D eigenvalue weighted by atomic mass is 10.2. The van der Waals surface area contributed by atoms with Gasteiger partial charge in [0.05, 0.1) is 12.7 Å². The third kappa shape index (κ3) is 2.87. The number of carbonyl (C=O) groups is 1. The number of amides is 1. The van der Waals surface area contributed by atoms with Gasteiger partial charge in [0, 0.05) is 26.3 Å². The zero-order valence-corrected chi connectivity index (χ0v) is 12.6. The van der Waals surface area contributed by atoms with Crippen LogP contribution < -0.4 is 4.72 Å². The van der Waals surface area contributed by atoms with E-state index in [9.17, 15) is 13.2 Å². The van der Waals surface area contributed by atoms with Crippen LogP contribution in [0.2, 0.25) is 0 Å². The first-order chi connectivity index (χ1) is 9.35. The molecule has 1 aromatic rings. The Balaban J connectivity index is 2.27. The van der Waals surface area contributed by atoms with E-state index in [0.717, 1.165) is 0 Å². The molecule has 0 aromatic carbocycles. The lowest BCUT2D eigenvalue weighted by Gasteiger charge is -2.31. The van der Waals surface area contributed by atoms with E-state index in [1.165, 1.54) is 23.9 Å². The average molecular weight is 301 g/mol. The lowest BCUT2D eigenvalue weighted by molar-refractivity contribution is -0.0127. The Morgan fingerprint density at radius 3 is 2.80 bits per heavy atom. The van der Waals surface area contributed by atoms with Gasteiger partial charge in [0.1, 0.15) is 10.6 Å². The largest absolute Gasteiger partial charge is 0.375 e. The summed E-state index contributed by atoms with van der Waals surface area (Å²) in [4.78, 5) is 14.2. The highest BCUT2D eigenvalue weighted by molar-refractivity contribution is 7.89. The summed E-state index contributed by atoms with van der Waals surface area (Å²) in [5, 5.41) is 0. The van der Waals surface area contributed by atoms with E-state index in [4.69, 9.17) is 4.74 Å². The molecular formula is C12H19N3O4S. The number of hydrogen-bond donors (Lipinski definition) is 1. The van der Waals surface area contributed by atoms with Gasteiger partial charge >= 0.3 is 0 Å². The van der Waals surface area contributed by atoms with E-state index >= 15 is 0 Å². The van der Waals surface area contributed by atoms with Crippen molar-refractivity contribution in [3.8, 4) is 0 Å². The molecule has 0 bridgehead atoms. The summed E-state index contributed by atoms with van der Waals surface area (Å²) in [6, 6.07) is 1.40. The first-order valence-electron chi connectivity index (χ1n) is 6.36. The maximum Gasteiger partial charge on any atom is 0.270 e. The highest BCUT2D eigenvalue weighted by atomic mass is 32.2. The van der Waals surface area contributed by atoms with Crippen LogP contribution >= 0.6 is 0 Å². The van der Waals surface area contributed by atoms with Crippen molar-refractivity contribution >= 4 is 15.9 Å². The van der Waals surface area contributed by atoms with Crippen LogP contribution in [0.5, 0.6) is 0 Å². The Labute approximate surface area is 118 Å². The molecule has 0 saturated carbocycles. The Hall–Kier alpha value is -1.38. The Morgan fingerprint density at radius 1 is 1.50 bits per heavy atom. The van der Waals surface area contributed by atoms with Gasteiger partial charge in [-0.1, -0.05) is 0 Å². The van der Waals surface area contributed by atoms with Gasteiger partial charge in [0.15, 0.2) is 0 Å². The molecule has 1 aromatic heterocycles. The second-order valence-corrected chi connectivity index (χ2v) is 6.70. The SMILES string of the molecule is CNS(=O)(=O)c1cc(C(=O)N2CCO[C@H](C)C2)n(C)c1. The van der Waals surface area contributed by atoms with Crippen LogP contribution in [0.3, 0.4) is 0 Å². The fourth-order valence-electron chi connectivity index (χ4n) is 2.18. The second kappa shape index (κ2) is 5.55. The number of morpholine rings is 1. The summed E-state index contributed by atoms with van der Waals surface area (Å²) >= 11 is 0. The molecular weight excluding hydrogens is 282 g/mol. The molecule has 7 nitrogen and oxygen atoms in total. The Morgan fingerprint density at radius 2 is 2.20 bits per heavy atom. The van der Waals surface area contributed by atoms with Gasteiger partial charge in [0.2, 0.25) is 10.0 Å². The summed E-state index contributed by atoms with van der Waals surface area (Å²) in [5.41, 5.74) is 0.355. The quantitative estimate of drug-likeness (QED) is 0.838. The van der Waals surface area contributed by atoms with Gasteiger partial charge < -0.3 is 14.2 Å². The molecule has 2 heterocycles. The fourth-order valence-corrected chi connectivity index (χ4v) is 2.98. The molecule has 0 spiro atoms. The molecule has 1 fully saturated rings. The monoisotopic (exact) mass is 301 g/mol. The van der Waals surface area contributed by atoms with Crippen molar-refractivity contribution in [3.63, 3.8) is 0 Å². The first kappa shape index (κ1) is 15.0. The number of nitrogens with zero attached hydrogens (tertiary/aromatic N) is 2. The van der Waals surface area contributed by atoms with Crippen molar-refractivity contribution in [1.29, 1.82) is 0 Å². The van der Waals surface area contributed by atoms with Gasteiger partial charge in [-0.05, 0) is 20.0 Å². The van der Waals surface area contributed by atoms with E-state index in [1.807, 2.05) is 6.92 Å². The third-order valence-electron chi connectivity index (χ3n) is 3.31. The number of hydrogen-bond acceptors (Lipinski definition) is 4. The number of sulfonamides is 1. The van der Waals surface area contributed by atoms with E-state index in [-0.39, 0.29) is 16.9 Å². The van der Waals surface area contributed by atoms with Gasteiger partial charge in [-0.15, -0.1) is 0 Å². The number of aryl methyl sites for hydroxylation is 1. The van der Waals surface area contributed by atoms with Crippen LogP contribution in [0.4, 0.5) is 0 Å². The molecule has 0 aliphatic carbocycles. The molecule has 1 aliphatic heterocycles. The van der Waals surface area contributed by atoms with Crippen LogP contribution in [0.1, 0.15) is 17.4 Å². The van der Waals surface area contributed by atoms with Crippen molar-refractivity contribution in [2.24, 2.45) is 7.05 Å². The summed E-state index contributed by atoms with van der Waals surface area (Å²) < 4.78 is 32.7. The van der Waals surface area contributed by atoms with E-state index in [1.54, 1.807) is 11.9 Å². The molecule has 8 heteroatoms. The molecule has 1 saturated heterocycles. The second-order valence-electron chi connectivity index (χ2n) is 4.81. The van der Waals surface area contributed by atoms with Crippen LogP contribution in [-0.4, -0.2) is 56.6 Å². The maximum atomic E-state index is 12.4. The predicted octanol–water partition coefficient (Wildman–Crippen LogP) is -0.206. The number of aromatic nitrogens is 1. The van der Waals surface area contributed by atoms with Gasteiger partial charge in [-0.3, -0.25) is 4.79 Å².